The van der Waals surface area contributed by atoms with Crippen LogP contribution in [0.3, 0.4) is 0 Å². The molecule has 0 saturated carbocycles. The summed E-state index contributed by atoms with van der Waals surface area (Å²) in [6.07, 6.45) is 4.04. The minimum absolute atomic E-state index is 0.211. The van der Waals surface area contributed by atoms with Crippen molar-refractivity contribution < 1.29 is 10.2 Å². The van der Waals surface area contributed by atoms with Crippen LogP contribution in [0, 0.1) is 0 Å². The number of unbranched alkanes of at least 4 members (excludes halogenated alkanes) is 2. The van der Waals surface area contributed by atoms with Crippen LogP contribution in [0.2, 0.25) is 0 Å². The summed E-state index contributed by atoms with van der Waals surface area (Å²) in [7, 11) is 0. The zero-order valence-electron chi connectivity index (χ0n) is 9.53. The van der Waals surface area contributed by atoms with Gasteiger partial charge in [-0.2, -0.15) is 0 Å². The van der Waals surface area contributed by atoms with Crippen LogP contribution in [0.5, 0.6) is 5.75 Å². The standard InChI is InChI=1S/C13H20O2/c1-3-4-5-9-13(2,15)11-7-6-8-12(14)10-11/h6-8,10,14-15H,3-5,9H2,1-2H3. The maximum absolute atomic E-state index is 10.2. The molecule has 2 N–H and O–H groups in total. The minimum atomic E-state index is -0.825. The first kappa shape index (κ1) is 12.1. The van der Waals surface area contributed by atoms with Crippen molar-refractivity contribution in [2.24, 2.45) is 0 Å². The first-order chi connectivity index (χ1) is 7.06. The van der Waals surface area contributed by atoms with Crippen LogP contribution in [0.1, 0.15) is 45.1 Å². The molecule has 0 aliphatic rings. The van der Waals surface area contributed by atoms with E-state index in [0.29, 0.717) is 0 Å². The van der Waals surface area contributed by atoms with Gasteiger partial charge < -0.3 is 10.2 Å². The van der Waals surface area contributed by atoms with Crippen molar-refractivity contribution in [3.8, 4) is 5.75 Å². The molecule has 0 amide bonds. The fourth-order valence-corrected chi connectivity index (χ4v) is 1.70. The van der Waals surface area contributed by atoms with Gasteiger partial charge in [0.25, 0.3) is 0 Å². The first-order valence-electron chi connectivity index (χ1n) is 5.58. The molecule has 0 aliphatic carbocycles. The third kappa shape index (κ3) is 3.56. The molecular weight excluding hydrogens is 188 g/mol. The molecule has 0 radical (unpaired) electrons. The zero-order chi connectivity index (χ0) is 11.3. The van der Waals surface area contributed by atoms with Crippen molar-refractivity contribution >= 4 is 0 Å². The maximum Gasteiger partial charge on any atom is 0.115 e. The van der Waals surface area contributed by atoms with E-state index in [1.165, 1.54) is 0 Å². The third-order valence-corrected chi connectivity index (χ3v) is 2.74. The molecule has 2 heteroatoms. The molecule has 0 bridgehead atoms. The average molecular weight is 208 g/mol. The zero-order valence-corrected chi connectivity index (χ0v) is 9.53. The number of benzene rings is 1. The van der Waals surface area contributed by atoms with Gasteiger partial charge in [0.1, 0.15) is 5.75 Å². The van der Waals surface area contributed by atoms with Gasteiger partial charge in [-0.3, -0.25) is 0 Å². The lowest BCUT2D eigenvalue weighted by Crippen LogP contribution is -2.20. The molecule has 0 saturated heterocycles. The second-order valence-electron chi connectivity index (χ2n) is 4.28. The van der Waals surface area contributed by atoms with Crippen molar-refractivity contribution in [3.05, 3.63) is 29.8 Å². The second kappa shape index (κ2) is 5.17. The normalized spacial score (nSPS) is 14.9. The Morgan fingerprint density at radius 3 is 2.60 bits per heavy atom. The van der Waals surface area contributed by atoms with E-state index in [1.54, 1.807) is 25.1 Å². The predicted molar refractivity (Wildman–Crippen MR) is 61.8 cm³/mol. The Labute approximate surface area is 91.6 Å². The van der Waals surface area contributed by atoms with Crippen LogP contribution in [0.25, 0.3) is 0 Å². The molecule has 0 fully saturated rings. The molecular formula is C13H20O2. The fraction of sp³-hybridized carbons (Fsp3) is 0.538. The maximum atomic E-state index is 10.2. The van der Waals surface area contributed by atoms with E-state index in [1.807, 2.05) is 6.07 Å². The second-order valence-corrected chi connectivity index (χ2v) is 4.28. The molecule has 0 spiro atoms. The largest absolute Gasteiger partial charge is 0.508 e. The van der Waals surface area contributed by atoms with E-state index in [-0.39, 0.29) is 5.75 Å². The van der Waals surface area contributed by atoms with Gasteiger partial charge in [0.15, 0.2) is 0 Å². The summed E-state index contributed by atoms with van der Waals surface area (Å²) in [6.45, 7) is 3.94. The summed E-state index contributed by atoms with van der Waals surface area (Å²) < 4.78 is 0. The van der Waals surface area contributed by atoms with E-state index in [2.05, 4.69) is 6.92 Å². The number of hydrogen-bond acceptors (Lipinski definition) is 2. The summed E-state index contributed by atoms with van der Waals surface area (Å²) in [5, 5.41) is 19.6. The quantitative estimate of drug-likeness (QED) is 0.730. The Hall–Kier alpha value is -1.02. The molecule has 1 aromatic rings. The Morgan fingerprint density at radius 1 is 1.27 bits per heavy atom. The highest BCUT2D eigenvalue weighted by Gasteiger charge is 2.22. The fourth-order valence-electron chi connectivity index (χ4n) is 1.70. The summed E-state index contributed by atoms with van der Waals surface area (Å²) in [5.41, 5.74) is -0.0351. The molecule has 1 rings (SSSR count). The minimum Gasteiger partial charge on any atom is -0.508 e. The van der Waals surface area contributed by atoms with Gasteiger partial charge in [-0.05, 0) is 31.0 Å². The highest BCUT2D eigenvalue weighted by molar-refractivity contribution is 5.30. The molecule has 2 nitrogen and oxygen atoms in total. The molecule has 1 unspecified atom stereocenters. The Kier molecular flexibility index (Phi) is 4.15. The van der Waals surface area contributed by atoms with Gasteiger partial charge in [0.2, 0.25) is 0 Å². The Morgan fingerprint density at radius 2 is 2.00 bits per heavy atom. The molecule has 0 aromatic heterocycles. The van der Waals surface area contributed by atoms with E-state index in [4.69, 9.17) is 0 Å². The van der Waals surface area contributed by atoms with E-state index in [0.717, 1.165) is 31.2 Å². The number of phenols is 1. The number of rotatable bonds is 5. The highest BCUT2D eigenvalue weighted by Crippen LogP contribution is 2.28. The number of phenolic OH excluding ortho intramolecular Hbond substituents is 1. The number of hydrogen-bond donors (Lipinski definition) is 2. The lowest BCUT2D eigenvalue weighted by molar-refractivity contribution is 0.0447. The van der Waals surface area contributed by atoms with Crippen molar-refractivity contribution in [1.29, 1.82) is 0 Å². The van der Waals surface area contributed by atoms with Crippen LogP contribution in [0.4, 0.5) is 0 Å². The predicted octanol–water partition coefficient (Wildman–Crippen LogP) is 3.18. The van der Waals surface area contributed by atoms with Gasteiger partial charge in [0, 0.05) is 0 Å². The Bertz CT molecular complexity index is 305. The average Bonchev–Trinajstić information content (AvgIpc) is 2.18. The van der Waals surface area contributed by atoms with Gasteiger partial charge in [-0.15, -0.1) is 0 Å². The van der Waals surface area contributed by atoms with Crippen molar-refractivity contribution in [1.82, 2.24) is 0 Å². The molecule has 84 valence electrons. The molecule has 1 atom stereocenters. The van der Waals surface area contributed by atoms with Gasteiger partial charge in [0.05, 0.1) is 5.60 Å². The van der Waals surface area contributed by atoms with Crippen molar-refractivity contribution in [2.45, 2.75) is 45.1 Å². The lowest BCUT2D eigenvalue weighted by atomic mass is 9.90. The molecule has 1 aromatic carbocycles. The van der Waals surface area contributed by atoms with Gasteiger partial charge in [-0.25, -0.2) is 0 Å². The van der Waals surface area contributed by atoms with Crippen molar-refractivity contribution in [3.63, 3.8) is 0 Å². The highest BCUT2D eigenvalue weighted by atomic mass is 16.3. The molecule has 0 heterocycles. The third-order valence-electron chi connectivity index (χ3n) is 2.74. The van der Waals surface area contributed by atoms with Crippen LogP contribution in [-0.2, 0) is 5.60 Å². The number of aromatic hydroxyl groups is 1. The Balaban J connectivity index is 2.67. The van der Waals surface area contributed by atoms with E-state index in [9.17, 15) is 10.2 Å². The van der Waals surface area contributed by atoms with Crippen molar-refractivity contribution in [2.75, 3.05) is 0 Å². The van der Waals surface area contributed by atoms with Crippen LogP contribution < -0.4 is 0 Å². The smallest absolute Gasteiger partial charge is 0.115 e. The van der Waals surface area contributed by atoms with E-state index >= 15 is 0 Å². The topological polar surface area (TPSA) is 40.5 Å². The summed E-state index contributed by atoms with van der Waals surface area (Å²) in [5.74, 6) is 0.211. The van der Waals surface area contributed by atoms with Crippen LogP contribution in [-0.4, -0.2) is 10.2 Å². The summed E-state index contributed by atoms with van der Waals surface area (Å²) >= 11 is 0. The molecule has 15 heavy (non-hydrogen) atoms. The molecule has 0 aliphatic heterocycles. The summed E-state index contributed by atoms with van der Waals surface area (Å²) in [4.78, 5) is 0. The summed E-state index contributed by atoms with van der Waals surface area (Å²) in [6, 6.07) is 6.86. The number of aliphatic hydroxyl groups is 1. The lowest BCUT2D eigenvalue weighted by Gasteiger charge is -2.23. The van der Waals surface area contributed by atoms with Crippen LogP contribution in [0.15, 0.2) is 24.3 Å². The SMILES string of the molecule is CCCCCC(C)(O)c1cccc(O)c1. The first-order valence-corrected chi connectivity index (χ1v) is 5.58. The monoisotopic (exact) mass is 208 g/mol. The van der Waals surface area contributed by atoms with E-state index < -0.39 is 5.60 Å². The van der Waals surface area contributed by atoms with Gasteiger partial charge >= 0.3 is 0 Å². The van der Waals surface area contributed by atoms with Crippen LogP contribution >= 0.6 is 0 Å². The van der Waals surface area contributed by atoms with Gasteiger partial charge in [-0.1, -0.05) is 38.3 Å².